The van der Waals surface area contributed by atoms with E-state index >= 15 is 0 Å². The Balaban J connectivity index is 1.66. The van der Waals surface area contributed by atoms with Gasteiger partial charge in [-0.05, 0) is 49.4 Å². The first-order chi connectivity index (χ1) is 9.15. The van der Waals surface area contributed by atoms with Crippen LogP contribution in [0.25, 0.3) is 0 Å². The predicted octanol–water partition coefficient (Wildman–Crippen LogP) is 2.84. The number of benzene rings is 1. The molecule has 19 heavy (non-hydrogen) atoms. The highest BCUT2D eigenvalue weighted by atomic mass is 79.9. The number of nitrogens with one attached hydrogen (secondary N) is 1. The number of aryl methyl sites for hydroxylation is 1. The van der Waals surface area contributed by atoms with Crippen molar-refractivity contribution in [2.75, 3.05) is 26.2 Å². The molecule has 0 atom stereocenters. The minimum absolute atomic E-state index is 0.835. The van der Waals surface area contributed by atoms with Crippen molar-refractivity contribution in [2.45, 2.75) is 33.1 Å². The summed E-state index contributed by atoms with van der Waals surface area (Å²) in [5.41, 5.74) is 1.20. The fourth-order valence-corrected chi connectivity index (χ4v) is 3.17. The third-order valence-electron chi connectivity index (χ3n) is 4.05. The van der Waals surface area contributed by atoms with Crippen LogP contribution in [0.2, 0.25) is 0 Å². The van der Waals surface area contributed by atoms with Gasteiger partial charge in [-0.3, -0.25) is 0 Å². The molecule has 1 fully saturated rings. The summed E-state index contributed by atoms with van der Waals surface area (Å²) in [4.78, 5) is 1.76. The third-order valence-corrected chi connectivity index (χ3v) is 4.54. The zero-order chi connectivity index (χ0) is 13.7. The van der Waals surface area contributed by atoms with Crippen molar-refractivity contribution in [2.24, 2.45) is 5.92 Å². The van der Waals surface area contributed by atoms with Gasteiger partial charge in [-0.1, -0.05) is 22.9 Å². The summed E-state index contributed by atoms with van der Waals surface area (Å²) in [6, 6.07) is 6.20. The van der Waals surface area contributed by atoms with Crippen LogP contribution in [-0.2, 0) is 0 Å². The number of rotatable bonds is 5. The van der Waals surface area contributed by atoms with Crippen molar-refractivity contribution in [3.8, 4) is 5.75 Å². The summed E-state index contributed by atoms with van der Waals surface area (Å²) < 4.78 is 6.98. The number of likely N-dealkylation sites (tertiary alicyclic amines) is 1. The van der Waals surface area contributed by atoms with Gasteiger partial charge in [-0.2, -0.15) is 0 Å². The molecule has 2 nitrogen and oxygen atoms in total. The molecule has 2 rings (SSSR count). The molecular weight excluding hydrogens is 302 g/mol. The van der Waals surface area contributed by atoms with Crippen molar-refractivity contribution in [1.82, 2.24) is 0 Å². The Morgan fingerprint density at radius 2 is 2.05 bits per heavy atom. The number of halogens is 1. The average molecular weight is 327 g/mol. The van der Waals surface area contributed by atoms with Crippen LogP contribution in [0.5, 0.6) is 5.75 Å². The molecule has 0 unspecified atom stereocenters. The van der Waals surface area contributed by atoms with E-state index in [0.717, 1.165) is 29.2 Å². The van der Waals surface area contributed by atoms with Gasteiger partial charge in [0.25, 0.3) is 0 Å². The molecule has 1 aliphatic rings. The standard InChI is InChI=1S/C16H24BrNO/c1-13-6-9-18(10-7-13)8-3-11-19-16-5-4-15(17)12-14(16)2/h4-5,12-13H,3,6-11H2,1-2H3/p+1. The molecule has 1 heterocycles. The molecule has 1 aromatic rings. The van der Waals surface area contributed by atoms with Crippen LogP contribution in [-0.4, -0.2) is 26.2 Å². The number of quaternary nitrogens is 1. The van der Waals surface area contributed by atoms with Gasteiger partial charge in [-0.15, -0.1) is 0 Å². The van der Waals surface area contributed by atoms with E-state index in [1.807, 2.05) is 6.07 Å². The molecular formula is C16H25BrNO+. The summed E-state index contributed by atoms with van der Waals surface area (Å²) in [6.45, 7) is 9.24. The minimum Gasteiger partial charge on any atom is -0.493 e. The largest absolute Gasteiger partial charge is 0.493 e. The Morgan fingerprint density at radius 3 is 2.74 bits per heavy atom. The topological polar surface area (TPSA) is 13.7 Å². The van der Waals surface area contributed by atoms with Crippen molar-refractivity contribution in [1.29, 1.82) is 0 Å². The van der Waals surface area contributed by atoms with E-state index in [1.54, 1.807) is 4.90 Å². The number of hydrogen-bond donors (Lipinski definition) is 1. The highest BCUT2D eigenvalue weighted by Gasteiger charge is 2.18. The Hall–Kier alpha value is -0.540. The number of hydrogen-bond acceptors (Lipinski definition) is 1. The molecule has 0 spiro atoms. The lowest BCUT2D eigenvalue weighted by Gasteiger charge is -2.27. The first kappa shape index (κ1) is 14.9. The van der Waals surface area contributed by atoms with Crippen LogP contribution in [0.1, 0.15) is 31.7 Å². The summed E-state index contributed by atoms with van der Waals surface area (Å²) in [7, 11) is 0. The van der Waals surface area contributed by atoms with Gasteiger partial charge in [0.15, 0.2) is 0 Å². The highest BCUT2D eigenvalue weighted by Crippen LogP contribution is 2.22. The second kappa shape index (κ2) is 7.30. The monoisotopic (exact) mass is 326 g/mol. The van der Waals surface area contributed by atoms with E-state index in [9.17, 15) is 0 Å². The van der Waals surface area contributed by atoms with Gasteiger partial charge in [0.2, 0.25) is 0 Å². The van der Waals surface area contributed by atoms with Crippen LogP contribution in [0.4, 0.5) is 0 Å². The Kier molecular flexibility index (Phi) is 5.71. The van der Waals surface area contributed by atoms with Gasteiger partial charge in [0, 0.05) is 10.9 Å². The van der Waals surface area contributed by atoms with Crippen LogP contribution < -0.4 is 9.64 Å². The normalized spacial score (nSPS) is 23.3. The smallest absolute Gasteiger partial charge is 0.122 e. The Morgan fingerprint density at radius 1 is 1.32 bits per heavy atom. The van der Waals surface area contributed by atoms with Crippen molar-refractivity contribution in [3.63, 3.8) is 0 Å². The zero-order valence-electron chi connectivity index (χ0n) is 12.0. The SMILES string of the molecule is Cc1cc(Br)ccc1OCCC[NH+]1CCC(C)CC1. The van der Waals surface area contributed by atoms with Crippen LogP contribution in [0.15, 0.2) is 22.7 Å². The number of piperidine rings is 1. The molecule has 0 amide bonds. The molecule has 3 heteroatoms. The molecule has 0 aliphatic carbocycles. The molecule has 106 valence electrons. The van der Waals surface area contributed by atoms with E-state index in [0.29, 0.717) is 0 Å². The first-order valence-electron chi connectivity index (χ1n) is 7.37. The average Bonchev–Trinajstić information content (AvgIpc) is 2.39. The second-order valence-corrected chi connectivity index (χ2v) is 6.71. The molecule has 1 saturated heterocycles. The second-order valence-electron chi connectivity index (χ2n) is 5.79. The number of ether oxygens (including phenoxy) is 1. The first-order valence-corrected chi connectivity index (χ1v) is 8.17. The fraction of sp³-hybridized carbons (Fsp3) is 0.625. The highest BCUT2D eigenvalue weighted by molar-refractivity contribution is 9.10. The zero-order valence-corrected chi connectivity index (χ0v) is 13.6. The van der Waals surface area contributed by atoms with Gasteiger partial charge in [-0.25, -0.2) is 0 Å². The summed E-state index contributed by atoms with van der Waals surface area (Å²) in [5, 5.41) is 0. The molecule has 0 saturated carbocycles. The molecule has 0 radical (unpaired) electrons. The Labute approximate surface area is 125 Å². The third kappa shape index (κ3) is 4.81. The summed E-state index contributed by atoms with van der Waals surface area (Å²) in [6.07, 6.45) is 3.93. The fourth-order valence-electron chi connectivity index (χ4n) is 2.70. The maximum Gasteiger partial charge on any atom is 0.122 e. The van der Waals surface area contributed by atoms with Crippen LogP contribution in [0.3, 0.4) is 0 Å². The quantitative estimate of drug-likeness (QED) is 0.821. The van der Waals surface area contributed by atoms with Gasteiger partial charge in [0.1, 0.15) is 5.75 Å². The van der Waals surface area contributed by atoms with E-state index in [1.165, 1.54) is 38.0 Å². The van der Waals surface area contributed by atoms with Crippen LogP contribution >= 0.6 is 15.9 Å². The molecule has 0 aromatic heterocycles. The van der Waals surface area contributed by atoms with E-state index < -0.39 is 0 Å². The van der Waals surface area contributed by atoms with Gasteiger partial charge in [0.05, 0.1) is 26.2 Å². The van der Waals surface area contributed by atoms with Crippen molar-refractivity contribution < 1.29 is 9.64 Å². The maximum absolute atomic E-state index is 5.87. The molecule has 1 aliphatic heterocycles. The summed E-state index contributed by atoms with van der Waals surface area (Å²) >= 11 is 3.48. The van der Waals surface area contributed by atoms with Gasteiger partial charge >= 0.3 is 0 Å². The van der Waals surface area contributed by atoms with Crippen molar-refractivity contribution >= 4 is 15.9 Å². The van der Waals surface area contributed by atoms with E-state index in [4.69, 9.17) is 4.74 Å². The van der Waals surface area contributed by atoms with Crippen LogP contribution in [0, 0.1) is 12.8 Å². The summed E-state index contributed by atoms with van der Waals surface area (Å²) in [5.74, 6) is 1.95. The Bertz CT molecular complexity index is 400. The molecule has 0 bridgehead atoms. The van der Waals surface area contributed by atoms with Crippen molar-refractivity contribution in [3.05, 3.63) is 28.2 Å². The van der Waals surface area contributed by atoms with E-state index in [-0.39, 0.29) is 0 Å². The molecule has 1 N–H and O–H groups in total. The lowest BCUT2D eigenvalue weighted by Crippen LogP contribution is -3.13. The lowest BCUT2D eigenvalue weighted by atomic mass is 9.99. The predicted molar refractivity (Wildman–Crippen MR) is 83.0 cm³/mol. The van der Waals surface area contributed by atoms with E-state index in [2.05, 4.69) is 41.9 Å². The lowest BCUT2D eigenvalue weighted by molar-refractivity contribution is -0.906. The maximum atomic E-state index is 5.87. The van der Waals surface area contributed by atoms with Gasteiger partial charge < -0.3 is 9.64 Å². The molecule has 1 aromatic carbocycles. The minimum atomic E-state index is 0.835.